The number of rotatable bonds is 4. The number of ether oxygens (including phenoxy) is 1. The topological polar surface area (TPSA) is 58.6 Å². The van der Waals surface area contributed by atoms with Gasteiger partial charge >= 0.3 is 6.09 Å². The highest BCUT2D eigenvalue weighted by Gasteiger charge is 2.22. The fourth-order valence-corrected chi connectivity index (χ4v) is 2.40. The molecule has 0 bridgehead atoms. The summed E-state index contributed by atoms with van der Waals surface area (Å²) in [4.78, 5) is 10.3. The summed E-state index contributed by atoms with van der Waals surface area (Å²) >= 11 is 6.02. The van der Waals surface area contributed by atoms with Crippen molar-refractivity contribution in [2.24, 2.45) is 0 Å². The molecule has 1 heterocycles. The van der Waals surface area contributed by atoms with E-state index in [0.29, 0.717) is 43.2 Å². The fraction of sp³-hybridized carbons (Fsp3) is 0.533. The number of benzene rings is 1. The molecule has 1 aromatic carbocycles. The van der Waals surface area contributed by atoms with E-state index in [-0.39, 0.29) is 0 Å². The third-order valence-corrected chi connectivity index (χ3v) is 3.57. The molecule has 21 heavy (non-hydrogen) atoms. The maximum atomic E-state index is 13.5. The van der Waals surface area contributed by atoms with Crippen LogP contribution >= 0.6 is 11.6 Å². The number of hydrogen-bond donors (Lipinski definition) is 2. The minimum atomic E-state index is -1.05. The summed E-state index contributed by atoms with van der Waals surface area (Å²) < 4.78 is 18.8. The molecule has 1 aliphatic heterocycles. The first-order valence-corrected chi connectivity index (χ1v) is 7.56. The summed E-state index contributed by atoms with van der Waals surface area (Å²) in [7, 11) is 0. The SMILES string of the molecule is C1CC1.O=C(O)NCCCc1c(Cl)cc(F)c2c1CCO2. The first kappa shape index (κ1) is 15.9. The van der Waals surface area contributed by atoms with Crippen LogP contribution in [0.4, 0.5) is 9.18 Å². The zero-order chi connectivity index (χ0) is 15.2. The zero-order valence-electron chi connectivity index (χ0n) is 11.8. The second kappa shape index (κ2) is 7.50. The van der Waals surface area contributed by atoms with Crippen molar-refractivity contribution in [2.75, 3.05) is 13.2 Å². The molecule has 2 N–H and O–H groups in total. The first-order valence-electron chi connectivity index (χ1n) is 7.19. The van der Waals surface area contributed by atoms with Gasteiger partial charge in [-0.25, -0.2) is 9.18 Å². The predicted octanol–water partition coefficient (Wildman–Crippen LogP) is 3.78. The fourth-order valence-electron chi connectivity index (χ4n) is 2.10. The lowest BCUT2D eigenvalue weighted by Crippen LogP contribution is -2.22. The van der Waals surface area contributed by atoms with Crippen LogP contribution in [0.25, 0.3) is 0 Å². The normalized spacial score (nSPS) is 14.6. The number of carboxylic acid groups (broad SMARTS) is 1. The second-order valence-electron chi connectivity index (χ2n) is 5.12. The molecule has 116 valence electrons. The van der Waals surface area contributed by atoms with Crippen molar-refractivity contribution in [3.63, 3.8) is 0 Å². The Morgan fingerprint density at radius 2 is 2.14 bits per heavy atom. The summed E-state index contributed by atoms with van der Waals surface area (Å²) in [5.74, 6) is -0.138. The summed E-state index contributed by atoms with van der Waals surface area (Å²) in [6.07, 6.45) is 5.32. The predicted molar refractivity (Wildman–Crippen MR) is 78.8 cm³/mol. The lowest BCUT2D eigenvalue weighted by Gasteiger charge is -2.10. The van der Waals surface area contributed by atoms with Crippen molar-refractivity contribution >= 4 is 17.7 Å². The van der Waals surface area contributed by atoms with E-state index in [1.54, 1.807) is 0 Å². The second-order valence-corrected chi connectivity index (χ2v) is 5.53. The average molecular weight is 316 g/mol. The van der Waals surface area contributed by atoms with Crippen LogP contribution < -0.4 is 10.1 Å². The van der Waals surface area contributed by atoms with E-state index in [1.165, 1.54) is 25.3 Å². The van der Waals surface area contributed by atoms with Gasteiger partial charge in [0, 0.05) is 23.6 Å². The monoisotopic (exact) mass is 315 g/mol. The van der Waals surface area contributed by atoms with Gasteiger partial charge in [0.2, 0.25) is 0 Å². The molecule has 1 aliphatic carbocycles. The first-order chi connectivity index (χ1) is 10.1. The molecule has 1 fully saturated rings. The Balaban J connectivity index is 0.000000477. The van der Waals surface area contributed by atoms with Gasteiger partial charge in [-0.05, 0) is 24.5 Å². The van der Waals surface area contributed by atoms with Gasteiger partial charge in [0.05, 0.1) is 6.61 Å². The lowest BCUT2D eigenvalue weighted by atomic mass is 10.0. The Kier molecular flexibility index (Phi) is 5.67. The van der Waals surface area contributed by atoms with Gasteiger partial charge in [-0.15, -0.1) is 0 Å². The van der Waals surface area contributed by atoms with Crippen LogP contribution in [0.15, 0.2) is 6.07 Å². The molecule has 0 radical (unpaired) electrons. The van der Waals surface area contributed by atoms with E-state index in [1.807, 2.05) is 0 Å². The summed E-state index contributed by atoms with van der Waals surface area (Å²) in [6.45, 7) is 0.811. The van der Waals surface area contributed by atoms with E-state index >= 15 is 0 Å². The van der Waals surface area contributed by atoms with E-state index in [9.17, 15) is 9.18 Å². The summed E-state index contributed by atoms with van der Waals surface area (Å²) in [5.41, 5.74) is 1.67. The van der Waals surface area contributed by atoms with Crippen LogP contribution in [-0.2, 0) is 12.8 Å². The summed E-state index contributed by atoms with van der Waals surface area (Å²) in [5, 5.41) is 11.1. The van der Waals surface area contributed by atoms with E-state index in [4.69, 9.17) is 21.4 Å². The van der Waals surface area contributed by atoms with Crippen molar-refractivity contribution in [1.82, 2.24) is 5.32 Å². The molecule has 0 saturated heterocycles. The lowest BCUT2D eigenvalue weighted by molar-refractivity contribution is 0.194. The number of amides is 1. The molecule has 1 aromatic rings. The van der Waals surface area contributed by atoms with Crippen LogP contribution in [0.2, 0.25) is 5.02 Å². The van der Waals surface area contributed by atoms with Crippen LogP contribution in [0.5, 0.6) is 5.75 Å². The molecule has 4 nitrogen and oxygen atoms in total. The standard InChI is InChI=1S/C12H13ClFNO3.C3H6/c13-9-6-10(14)11-8(3-5-18-11)7(9)2-1-4-15-12(16)17;1-2-3-1/h6,15H,1-5H2,(H,16,17);1-3H2. The Labute approximate surface area is 128 Å². The van der Waals surface area contributed by atoms with Crippen molar-refractivity contribution in [3.05, 3.63) is 28.0 Å². The maximum Gasteiger partial charge on any atom is 0.404 e. The van der Waals surface area contributed by atoms with Gasteiger partial charge in [0.1, 0.15) is 0 Å². The molecule has 6 heteroatoms. The van der Waals surface area contributed by atoms with Crippen molar-refractivity contribution < 1.29 is 19.0 Å². The van der Waals surface area contributed by atoms with Crippen molar-refractivity contribution in [1.29, 1.82) is 0 Å². The minimum absolute atomic E-state index is 0.292. The number of hydrogen-bond acceptors (Lipinski definition) is 2. The van der Waals surface area contributed by atoms with Gasteiger partial charge in [0.25, 0.3) is 0 Å². The average Bonchev–Trinajstić information content (AvgIpc) is 3.22. The molecule has 0 aromatic heterocycles. The number of fused-ring (bicyclic) bond motifs is 1. The van der Waals surface area contributed by atoms with Gasteiger partial charge in [-0.1, -0.05) is 30.9 Å². The van der Waals surface area contributed by atoms with Crippen LogP contribution in [0, 0.1) is 5.82 Å². The molecule has 1 saturated carbocycles. The quantitative estimate of drug-likeness (QED) is 0.831. The Hall–Kier alpha value is -1.49. The Morgan fingerprint density at radius 3 is 2.76 bits per heavy atom. The van der Waals surface area contributed by atoms with E-state index < -0.39 is 11.9 Å². The summed E-state index contributed by atoms with van der Waals surface area (Å²) in [6, 6.07) is 1.26. The van der Waals surface area contributed by atoms with Crippen LogP contribution in [0.3, 0.4) is 0 Å². The number of carbonyl (C=O) groups is 1. The minimum Gasteiger partial charge on any atom is -0.490 e. The van der Waals surface area contributed by atoms with Gasteiger partial charge < -0.3 is 15.2 Å². The van der Waals surface area contributed by atoms with Gasteiger partial charge in [0.15, 0.2) is 11.6 Å². The Bertz CT molecular complexity index is 517. The molecule has 1 amide bonds. The van der Waals surface area contributed by atoms with Gasteiger partial charge in [-0.3, -0.25) is 0 Å². The smallest absolute Gasteiger partial charge is 0.404 e. The molecular weight excluding hydrogens is 297 g/mol. The van der Waals surface area contributed by atoms with E-state index in [0.717, 1.165) is 11.1 Å². The highest BCUT2D eigenvalue weighted by molar-refractivity contribution is 6.31. The molecular formula is C15H19ClFNO3. The molecule has 3 rings (SSSR count). The maximum absolute atomic E-state index is 13.5. The van der Waals surface area contributed by atoms with Crippen LogP contribution in [0.1, 0.15) is 36.8 Å². The molecule has 2 aliphatic rings. The third-order valence-electron chi connectivity index (χ3n) is 3.23. The van der Waals surface area contributed by atoms with Crippen molar-refractivity contribution in [3.8, 4) is 5.75 Å². The zero-order valence-corrected chi connectivity index (χ0v) is 12.5. The Morgan fingerprint density at radius 1 is 1.43 bits per heavy atom. The number of halogens is 2. The van der Waals surface area contributed by atoms with E-state index in [2.05, 4.69) is 5.32 Å². The molecule has 0 spiro atoms. The third kappa shape index (κ3) is 4.77. The van der Waals surface area contributed by atoms with Crippen molar-refractivity contribution in [2.45, 2.75) is 38.5 Å². The van der Waals surface area contributed by atoms with Gasteiger partial charge in [-0.2, -0.15) is 0 Å². The molecule has 0 atom stereocenters. The largest absolute Gasteiger partial charge is 0.490 e. The highest BCUT2D eigenvalue weighted by atomic mass is 35.5. The highest BCUT2D eigenvalue weighted by Crippen LogP contribution is 2.36. The number of nitrogens with one attached hydrogen (secondary N) is 1. The molecule has 0 unspecified atom stereocenters. The van der Waals surface area contributed by atoms with Crippen LogP contribution in [-0.4, -0.2) is 24.4 Å².